The molecule has 2 atom stereocenters. The Kier molecular flexibility index (Phi) is 2.30. The summed E-state index contributed by atoms with van der Waals surface area (Å²) in [5.41, 5.74) is 8.51. The summed E-state index contributed by atoms with van der Waals surface area (Å²) in [5.74, 6) is 0.468. The van der Waals surface area contributed by atoms with Crippen LogP contribution in [0.4, 0.5) is 0 Å². The van der Waals surface area contributed by atoms with Crippen LogP contribution in [0.2, 0.25) is 0 Å². The van der Waals surface area contributed by atoms with Gasteiger partial charge in [0.1, 0.15) is 0 Å². The van der Waals surface area contributed by atoms with Crippen molar-refractivity contribution in [3.8, 4) is 11.3 Å². The first-order valence-electron chi connectivity index (χ1n) is 5.65. The smallest absolute Gasteiger partial charge is 0.248 e. The number of nitrogens with zero attached hydrogens (tertiary/aromatic N) is 1. The van der Waals surface area contributed by atoms with Crippen molar-refractivity contribution in [2.75, 3.05) is 0 Å². The minimum absolute atomic E-state index is 0.113. The van der Waals surface area contributed by atoms with Crippen molar-refractivity contribution >= 4 is 0 Å². The Morgan fingerprint density at radius 1 is 1.35 bits per heavy atom. The van der Waals surface area contributed by atoms with Gasteiger partial charge < -0.3 is 10.7 Å². The fraction of sp³-hybridized carbons (Fsp3) is 0.231. The number of H-pyrrole nitrogens is 1. The minimum atomic E-state index is -0.113. The molecule has 2 heterocycles. The molecular formula is C13H13N3O. The van der Waals surface area contributed by atoms with Crippen LogP contribution >= 0.6 is 0 Å². The quantitative estimate of drug-likeness (QED) is 0.811. The Morgan fingerprint density at radius 2 is 2.18 bits per heavy atom. The molecule has 1 unspecified atom stereocenters. The number of nitrogens with one attached hydrogen (secondary N) is 1. The van der Waals surface area contributed by atoms with Crippen molar-refractivity contribution < 1.29 is 0 Å². The van der Waals surface area contributed by atoms with E-state index < -0.39 is 0 Å². The summed E-state index contributed by atoms with van der Waals surface area (Å²) < 4.78 is 0. The first kappa shape index (κ1) is 10.2. The second-order valence-electron chi connectivity index (χ2n) is 4.42. The lowest BCUT2D eigenvalue weighted by atomic mass is 10.1. The van der Waals surface area contributed by atoms with Crippen LogP contribution in [-0.2, 0) is 0 Å². The highest BCUT2D eigenvalue weighted by atomic mass is 16.1. The molecule has 0 aromatic carbocycles. The van der Waals surface area contributed by atoms with Gasteiger partial charge in [0.05, 0.1) is 5.69 Å². The zero-order chi connectivity index (χ0) is 11.8. The van der Waals surface area contributed by atoms with Crippen LogP contribution in [0.25, 0.3) is 11.3 Å². The van der Waals surface area contributed by atoms with Gasteiger partial charge in [-0.2, -0.15) is 0 Å². The van der Waals surface area contributed by atoms with Crippen molar-refractivity contribution in [1.82, 2.24) is 9.97 Å². The summed E-state index contributed by atoms with van der Waals surface area (Å²) in [4.78, 5) is 18.2. The van der Waals surface area contributed by atoms with E-state index in [1.807, 2.05) is 24.4 Å². The zero-order valence-electron chi connectivity index (χ0n) is 9.26. The van der Waals surface area contributed by atoms with Gasteiger partial charge in [0.2, 0.25) is 5.56 Å². The standard InChI is InChI=1S/C13H13N3O/c14-11-6-10(11)9-1-2-12(16-7-9)8-3-4-15-13(17)5-8/h1-5,7,10-11H,6,14H2,(H,15,17)/t10-,11?/m1/s1. The number of pyridine rings is 2. The van der Waals surface area contributed by atoms with Crippen molar-refractivity contribution in [2.45, 2.75) is 18.4 Å². The van der Waals surface area contributed by atoms with Crippen LogP contribution in [0, 0.1) is 0 Å². The van der Waals surface area contributed by atoms with Gasteiger partial charge in [0.25, 0.3) is 0 Å². The van der Waals surface area contributed by atoms with E-state index in [1.54, 1.807) is 12.3 Å². The van der Waals surface area contributed by atoms with Gasteiger partial charge in [-0.05, 0) is 24.1 Å². The zero-order valence-corrected chi connectivity index (χ0v) is 9.26. The highest BCUT2D eigenvalue weighted by Crippen LogP contribution is 2.38. The number of aromatic nitrogens is 2. The highest BCUT2D eigenvalue weighted by Gasteiger charge is 2.34. The van der Waals surface area contributed by atoms with Crippen molar-refractivity contribution in [1.29, 1.82) is 0 Å². The Balaban J connectivity index is 1.92. The van der Waals surface area contributed by atoms with E-state index in [0.717, 1.165) is 17.7 Å². The van der Waals surface area contributed by atoms with Crippen LogP contribution in [-0.4, -0.2) is 16.0 Å². The van der Waals surface area contributed by atoms with Gasteiger partial charge in [-0.3, -0.25) is 9.78 Å². The predicted octanol–water partition coefficient (Wildman–Crippen LogP) is 1.25. The summed E-state index contributed by atoms with van der Waals surface area (Å²) in [7, 11) is 0. The van der Waals surface area contributed by atoms with Gasteiger partial charge >= 0.3 is 0 Å². The van der Waals surface area contributed by atoms with Gasteiger partial charge in [0.15, 0.2) is 0 Å². The van der Waals surface area contributed by atoms with Crippen LogP contribution in [0.5, 0.6) is 0 Å². The number of nitrogens with two attached hydrogens (primary N) is 1. The molecule has 1 aliphatic rings. The molecule has 0 radical (unpaired) electrons. The second-order valence-corrected chi connectivity index (χ2v) is 4.42. The minimum Gasteiger partial charge on any atom is -0.329 e. The van der Waals surface area contributed by atoms with Crippen molar-refractivity contribution in [3.63, 3.8) is 0 Å². The van der Waals surface area contributed by atoms with E-state index in [9.17, 15) is 4.79 Å². The van der Waals surface area contributed by atoms with Crippen LogP contribution in [0.3, 0.4) is 0 Å². The molecule has 4 nitrogen and oxygen atoms in total. The summed E-state index contributed by atoms with van der Waals surface area (Å²) in [6.45, 7) is 0. The summed E-state index contributed by atoms with van der Waals surface area (Å²) >= 11 is 0. The molecule has 3 rings (SSSR count). The van der Waals surface area contributed by atoms with Gasteiger partial charge in [-0.25, -0.2) is 0 Å². The molecule has 1 aliphatic carbocycles. The van der Waals surface area contributed by atoms with Gasteiger partial charge in [-0.1, -0.05) is 6.07 Å². The van der Waals surface area contributed by atoms with Gasteiger partial charge in [-0.15, -0.1) is 0 Å². The molecule has 17 heavy (non-hydrogen) atoms. The van der Waals surface area contributed by atoms with E-state index in [0.29, 0.717) is 12.0 Å². The Morgan fingerprint density at radius 3 is 2.76 bits per heavy atom. The lowest BCUT2D eigenvalue weighted by Gasteiger charge is -2.02. The van der Waals surface area contributed by atoms with E-state index in [1.165, 1.54) is 5.56 Å². The summed E-state index contributed by atoms with van der Waals surface area (Å²) in [6, 6.07) is 7.66. The van der Waals surface area contributed by atoms with Crippen molar-refractivity contribution in [3.05, 3.63) is 52.6 Å². The van der Waals surface area contributed by atoms with Crippen LogP contribution in [0.15, 0.2) is 41.5 Å². The monoisotopic (exact) mass is 227 g/mol. The Bertz CT molecular complexity index is 588. The fourth-order valence-electron chi connectivity index (χ4n) is 2.00. The maximum atomic E-state index is 11.2. The summed E-state index contributed by atoms with van der Waals surface area (Å²) in [6.07, 6.45) is 4.53. The predicted molar refractivity (Wildman–Crippen MR) is 65.6 cm³/mol. The number of hydrogen-bond acceptors (Lipinski definition) is 3. The normalized spacial score (nSPS) is 22.4. The first-order valence-corrected chi connectivity index (χ1v) is 5.65. The number of aromatic amines is 1. The van der Waals surface area contributed by atoms with E-state index in [-0.39, 0.29) is 5.56 Å². The lowest BCUT2D eigenvalue weighted by Crippen LogP contribution is -2.03. The molecule has 0 aliphatic heterocycles. The maximum Gasteiger partial charge on any atom is 0.248 e. The second kappa shape index (κ2) is 3.82. The molecular weight excluding hydrogens is 214 g/mol. The first-order chi connectivity index (χ1) is 8.24. The van der Waals surface area contributed by atoms with Gasteiger partial charge in [0, 0.05) is 36.0 Å². The van der Waals surface area contributed by atoms with E-state index in [4.69, 9.17) is 5.73 Å². The third-order valence-corrected chi connectivity index (χ3v) is 3.13. The topological polar surface area (TPSA) is 71.8 Å². The molecule has 0 saturated heterocycles. The molecule has 2 aromatic rings. The average Bonchev–Trinajstić information content (AvgIpc) is 3.07. The molecule has 86 valence electrons. The number of rotatable bonds is 2. The third-order valence-electron chi connectivity index (χ3n) is 3.13. The molecule has 0 amide bonds. The number of hydrogen-bond donors (Lipinski definition) is 2. The highest BCUT2D eigenvalue weighted by molar-refractivity contribution is 5.58. The SMILES string of the molecule is NC1C[C@@H]1c1ccc(-c2cc[nH]c(=O)c2)nc1. The Labute approximate surface area is 98.5 Å². The lowest BCUT2D eigenvalue weighted by molar-refractivity contribution is 0.981. The van der Waals surface area contributed by atoms with E-state index in [2.05, 4.69) is 9.97 Å². The third kappa shape index (κ3) is 1.99. The molecule has 3 N–H and O–H groups in total. The molecule has 1 fully saturated rings. The molecule has 4 heteroatoms. The van der Waals surface area contributed by atoms with E-state index >= 15 is 0 Å². The average molecular weight is 227 g/mol. The van der Waals surface area contributed by atoms with Crippen LogP contribution in [0.1, 0.15) is 17.9 Å². The largest absolute Gasteiger partial charge is 0.329 e. The molecule has 2 aromatic heterocycles. The Hall–Kier alpha value is -1.94. The van der Waals surface area contributed by atoms with Crippen molar-refractivity contribution in [2.24, 2.45) is 5.73 Å². The van der Waals surface area contributed by atoms with Crippen LogP contribution < -0.4 is 11.3 Å². The summed E-state index contributed by atoms with van der Waals surface area (Å²) in [5, 5.41) is 0. The fourth-order valence-corrected chi connectivity index (χ4v) is 2.00. The molecule has 0 bridgehead atoms. The molecule has 0 spiro atoms. The maximum absolute atomic E-state index is 11.2. The molecule has 1 saturated carbocycles.